The van der Waals surface area contributed by atoms with E-state index in [-0.39, 0.29) is 0 Å². The maximum absolute atomic E-state index is 11.6. The summed E-state index contributed by atoms with van der Waals surface area (Å²) in [5, 5.41) is 10.3. The predicted molar refractivity (Wildman–Crippen MR) is 79.9 cm³/mol. The van der Waals surface area contributed by atoms with Crippen LogP contribution in [0.4, 0.5) is 0 Å². The van der Waals surface area contributed by atoms with Gasteiger partial charge < -0.3 is 9.52 Å². The first-order valence-corrected chi connectivity index (χ1v) is 6.65. The van der Waals surface area contributed by atoms with E-state index in [0.29, 0.717) is 11.1 Å². The van der Waals surface area contributed by atoms with Gasteiger partial charge in [0.2, 0.25) is 0 Å². The molecule has 0 radical (unpaired) electrons. The molecule has 3 aromatic rings. The molecule has 21 heavy (non-hydrogen) atoms. The molecule has 0 bridgehead atoms. The summed E-state index contributed by atoms with van der Waals surface area (Å²) in [7, 11) is 1.66. The average Bonchev–Trinajstić information content (AvgIpc) is 2.73. The molecule has 2 heterocycles. The third kappa shape index (κ3) is 2.25. The minimum Gasteiger partial charge on any atom is -0.408 e. The van der Waals surface area contributed by atoms with Gasteiger partial charge in [-0.15, -0.1) is 0 Å². The Balaban J connectivity index is 2.26. The van der Waals surface area contributed by atoms with Crippen LogP contribution in [0.15, 0.2) is 45.9 Å². The number of rotatable bonds is 2. The van der Waals surface area contributed by atoms with E-state index in [1.807, 2.05) is 12.1 Å². The van der Waals surface area contributed by atoms with Crippen molar-refractivity contribution in [2.24, 2.45) is 7.05 Å². The Kier molecular flexibility index (Phi) is 2.95. The molecule has 3 rings (SSSR count). The molecule has 5 nitrogen and oxygen atoms in total. The van der Waals surface area contributed by atoms with E-state index in [0.717, 1.165) is 16.7 Å². The Morgan fingerprint density at radius 1 is 1.29 bits per heavy atom. The predicted octanol–water partition coefficient (Wildman–Crippen LogP) is 2.42. The number of pyridine rings is 1. The largest absolute Gasteiger partial charge is 0.419 e. The highest BCUT2D eigenvalue weighted by Crippen LogP contribution is 2.32. The molecule has 1 aromatic carbocycles. The average molecular weight is 284 g/mol. The smallest absolute Gasteiger partial charge is 0.408 e. The molecule has 2 aromatic heterocycles. The number of hydrogen-bond donors (Lipinski definition) is 1. The van der Waals surface area contributed by atoms with Crippen LogP contribution < -0.4 is 5.76 Å². The summed E-state index contributed by atoms with van der Waals surface area (Å²) >= 11 is 0. The summed E-state index contributed by atoms with van der Waals surface area (Å²) in [5.41, 5.74) is 2.77. The second kappa shape index (κ2) is 4.56. The molecule has 0 amide bonds. The number of aryl methyl sites for hydroxylation is 1. The van der Waals surface area contributed by atoms with Crippen LogP contribution in [0.3, 0.4) is 0 Å². The summed E-state index contributed by atoms with van der Waals surface area (Å²) in [4.78, 5) is 15.7. The molecule has 1 N–H and O–H groups in total. The van der Waals surface area contributed by atoms with Gasteiger partial charge in [0.25, 0.3) is 0 Å². The standard InChI is InChI=1S/C16H16N2O3/c1-16(2,20)12-6-7-17-9-11(12)10-4-5-14-13(8-10)18(3)15(19)21-14/h4-9,20H,1-3H3. The van der Waals surface area contributed by atoms with Crippen molar-refractivity contribution >= 4 is 11.1 Å². The molecule has 0 saturated carbocycles. The molecular weight excluding hydrogens is 268 g/mol. The van der Waals surface area contributed by atoms with Crippen LogP contribution in [0.1, 0.15) is 19.4 Å². The van der Waals surface area contributed by atoms with Crippen LogP contribution in [0.2, 0.25) is 0 Å². The lowest BCUT2D eigenvalue weighted by Crippen LogP contribution is -2.16. The second-order valence-corrected chi connectivity index (χ2v) is 5.59. The zero-order valence-corrected chi connectivity index (χ0v) is 12.1. The van der Waals surface area contributed by atoms with Gasteiger partial charge >= 0.3 is 5.76 Å². The van der Waals surface area contributed by atoms with Gasteiger partial charge in [0.05, 0.1) is 11.1 Å². The highest BCUT2D eigenvalue weighted by molar-refractivity contribution is 5.81. The van der Waals surface area contributed by atoms with E-state index in [1.165, 1.54) is 4.57 Å². The van der Waals surface area contributed by atoms with E-state index < -0.39 is 11.4 Å². The fraction of sp³-hybridized carbons (Fsp3) is 0.250. The second-order valence-electron chi connectivity index (χ2n) is 5.59. The van der Waals surface area contributed by atoms with Gasteiger partial charge in [0.15, 0.2) is 5.58 Å². The molecule has 0 saturated heterocycles. The lowest BCUT2D eigenvalue weighted by Gasteiger charge is -2.21. The highest BCUT2D eigenvalue weighted by atomic mass is 16.4. The first-order valence-electron chi connectivity index (χ1n) is 6.65. The Bertz CT molecular complexity index is 869. The molecule has 0 atom stereocenters. The summed E-state index contributed by atoms with van der Waals surface area (Å²) < 4.78 is 6.59. The third-order valence-corrected chi connectivity index (χ3v) is 3.58. The molecule has 5 heteroatoms. The molecule has 0 aliphatic rings. The van der Waals surface area contributed by atoms with Crippen molar-refractivity contribution in [1.29, 1.82) is 0 Å². The van der Waals surface area contributed by atoms with Gasteiger partial charge in [-0.2, -0.15) is 0 Å². The normalized spacial score (nSPS) is 12.0. The number of aromatic nitrogens is 2. The summed E-state index contributed by atoms with van der Waals surface area (Å²) in [5.74, 6) is -0.393. The molecule has 108 valence electrons. The van der Waals surface area contributed by atoms with Gasteiger partial charge in [0, 0.05) is 25.0 Å². The molecule has 0 aliphatic heterocycles. The van der Waals surface area contributed by atoms with Crippen LogP contribution in [0, 0.1) is 0 Å². The quantitative estimate of drug-likeness (QED) is 0.784. The highest BCUT2D eigenvalue weighted by Gasteiger charge is 2.21. The molecule has 0 unspecified atom stereocenters. The van der Waals surface area contributed by atoms with Crippen LogP contribution >= 0.6 is 0 Å². The topological polar surface area (TPSA) is 68.3 Å². The Morgan fingerprint density at radius 2 is 2.05 bits per heavy atom. The molecular formula is C16H16N2O3. The third-order valence-electron chi connectivity index (χ3n) is 3.58. The first kappa shape index (κ1) is 13.6. The van der Waals surface area contributed by atoms with Gasteiger partial charge in [-0.05, 0) is 43.2 Å². The van der Waals surface area contributed by atoms with Gasteiger partial charge in [-0.1, -0.05) is 6.07 Å². The lowest BCUT2D eigenvalue weighted by molar-refractivity contribution is 0.0791. The zero-order valence-electron chi connectivity index (χ0n) is 12.1. The van der Waals surface area contributed by atoms with Crippen molar-refractivity contribution in [2.45, 2.75) is 19.4 Å². The van der Waals surface area contributed by atoms with Crippen LogP contribution in [0.25, 0.3) is 22.2 Å². The molecule has 0 fully saturated rings. The monoisotopic (exact) mass is 284 g/mol. The summed E-state index contributed by atoms with van der Waals surface area (Å²) in [6.45, 7) is 3.47. The van der Waals surface area contributed by atoms with Crippen LogP contribution in [-0.4, -0.2) is 14.7 Å². The number of aliphatic hydroxyl groups is 1. The Morgan fingerprint density at radius 3 is 2.76 bits per heavy atom. The fourth-order valence-corrected chi connectivity index (χ4v) is 2.45. The van der Waals surface area contributed by atoms with Crippen molar-refractivity contribution in [3.8, 4) is 11.1 Å². The number of fused-ring (bicyclic) bond motifs is 1. The van der Waals surface area contributed by atoms with Gasteiger partial charge in [-0.25, -0.2) is 4.79 Å². The maximum Gasteiger partial charge on any atom is 0.419 e. The van der Waals surface area contributed by atoms with E-state index in [2.05, 4.69) is 4.98 Å². The lowest BCUT2D eigenvalue weighted by atomic mass is 9.91. The summed E-state index contributed by atoms with van der Waals surface area (Å²) in [6.07, 6.45) is 3.37. The Labute approximate surface area is 121 Å². The van der Waals surface area contributed by atoms with Crippen molar-refractivity contribution in [3.63, 3.8) is 0 Å². The fourth-order valence-electron chi connectivity index (χ4n) is 2.45. The number of hydrogen-bond acceptors (Lipinski definition) is 4. The van der Waals surface area contributed by atoms with Gasteiger partial charge in [0.1, 0.15) is 0 Å². The SMILES string of the molecule is Cn1c(=O)oc2ccc(-c3cnccc3C(C)(C)O)cc21. The van der Waals surface area contributed by atoms with E-state index >= 15 is 0 Å². The Hall–Kier alpha value is -2.40. The van der Waals surface area contributed by atoms with Crippen molar-refractivity contribution < 1.29 is 9.52 Å². The minimum absolute atomic E-state index is 0.393. The van der Waals surface area contributed by atoms with Gasteiger partial charge in [-0.3, -0.25) is 9.55 Å². The summed E-state index contributed by atoms with van der Waals surface area (Å²) in [6, 6.07) is 7.28. The van der Waals surface area contributed by atoms with Crippen molar-refractivity contribution in [3.05, 3.63) is 52.8 Å². The number of nitrogens with zero attached hydrogens (tertiary/aromatic N) is 2. The maximum atomic E-state index is 11.6. The number of oxazole rings is 1. The van der Waals surface area contributed by atoms with E-state index in [4.69, 9.17) is 4.42 Å². The zero-order chi connectivity index (χ0) is 15.2. The van der Waals surface area contributed by atoms with E-state index in [1.54, 1.807) is 45.4 Å². The molecule has 0 spiro atoms. The van der Waals surface area contributed by atoms with Crippen molar-refractivity contribution in [2.75, 3.05) is 0 Å². The number of benzene rings is 1. The van der Waals surface area contributed by atoms with Crippen molar-refractivity contribution in [1.82, 2.24) is 9.55 Å². The van der Waals surface area contributed by atoms with Crippen LogP contribution in [0.5, 0.6) is 0 Å². The van der Waals surface area contributed by atoms with E-state index in [9.17, 15) is 9.90 Å². The minimum atomic E-state index is -0.977. The van der Waals surface area contributed by atoms with Crippen LogP contribution in [-0.2, 0) is 12.6 Å². The molecule has 0 aliphatic carbocycles. The first-order chi connectivity index (χ1) is 9.88.